The Morgan fingerprint density at radius 3 is 2.44 bits per heavy atom. The van der Waals surface area contributed by atoms with Gasteiger partial charge < -0.3 is 15.1 Å². The molecule has 2 aliphatic rings. The summed E-state index contributed by atoms with van der Waals surface area (Å²) in [5.41, 5.74) is 2.66. The van der Waals surface area contributed by atoms with Gasteiger partial charge in [0.2, 0.25) is 11.8 Å². The summed E-state index contributed by atoms with van der Waals surface area (Å²) in [5, 5.41) is 3.47. The Balaban J connectivity index is 1.57. The lowest BCUT2D eigenvalue weighted by molar-refractivity contribution is -0.135. The molecule has 1 heterocycles. The molecular weight excluding hydrogens is 338 g/mol. The number of nitrogens with one attached hydrogen (secondary N) is 1. The third-order valence-corrected chi connectivity index (χ3v) is 5.55. The van der Waals surface area contributed by atoms with Gasteiger partial charge in [0, 0.05) is 26.2 Å². The predicted octanol–water partition coefficient (Wildman–Crippen LogP) is 2.70. The molecule has 1 aliphatic carbocycles. The molecule has 2 fully saturated rings. The number of benzene rings is 1. The van der Waals surface area contributed by atoms with Crippen molar-refractivity contribution in [2.45, 2.75) is 27.2 Å². The molecule has 1 N–H and O–H groups in total. The number of hydrogen-bond donors (Lipinski definition) is 1. The third kappa shape index (κ3) is 3.98. The Kier molecular flexibility index (Phi) is 5.35. The third-order valence-electron chi connectivity index (χ3n) is 5.26. The predicted molar refractivity (Wildman–Crippen MR) is 99.8 cm³/mol. The van der Waals surface area contributed by atoms with Crippen LogP contribution in [0.15, 0.2) is 12.1 Å². The SMILES string of the molecule is CCN1CCN(C(=O)C2CC2C(=O)Nc2c(C)cc(C)cc2Cl)CC1. The number of likely N-dealkylation sites (N-methyl/N-ethyl adjacent to an activating group) is 1. The number of piperazine rings is 1. The fourth-order valence-corrected chi connectivity index (χ4v) is 3.94. The van der Waals surface area contributed by atoms with E-state index in [1.165, 1.54) is 0 Å². The molecule has 1 aromatic rings. The number of nitrogens with zero attached hydrogens (tertiary/aromatic N) is 2. The number of hydrogen-bond acceptors (Lipinski definition) is 3. The summed E-state index contributed by atoms with van der Waals surface area (Å²) in [7, 11) is 0. The molecule has 1 aromatic carbocycles. The van der Waals surface area contributed by atoms with E-state index in [1.807, 2.05) is 30.9 Å². The summed E-state index contributed by atoms with van der Waals surface area (Å²) in [6, 6.07) is 3.83. The number of carbonyl (C=O) groups excluding carboxylic acids is 2. The first-order valence-corrected chi connectivity index (χ1v) is 9.37. The Morgan fingerprint density at radius 1 is 1.16 bits per heavy atom. The molecule has 1 aliphatic heterocycles. The Morgan fingerprint density at radius 2 is 1.84 bits per heavy atom. The number of amides is 2. The van der Waals surface area contributed by atoms with Crippen molar-refractivity contribution in [1.29, 1.82) is 0 Å². The van der Waals surface area contributed by atoms with Gasteiger partial charge in [-0.15, -0.1) is 0 Å². The highest BCUT2D eigenvalue weighted by atomic mass is 35.5. The number of carbonyl (C=O) groups is 2. The average Bonchev–Trinajstić information content (AvgIpc) is 3.38. The fraction of sp³-hybridized carbons (Fsp3) is 0.579. The highest BCUT2D eigenvalue weighted by Crippen LogP contribution is 2.41. The van der Waals surface area contributed by atoms with Crippen molar-refractivity contribution in [3.8, 4) is 0 Å². The summed E-state index contributed by atoms with van der Waals surface area (Å²) in [5.74, 6) is -0.367. The molecule has 5 nitrogen and oxygen atoms in total. The average molecular weight is 364 g/mol. The van der Waals surface area contributed by atoms with Gasteiger partial charge in [0.1, 0.15) is 0 Å². The number of halogens is 1. The zero-order valence-electron chi connectivity index (χ0n) is 15.1. The van der Waals surface area contributed by atoms with Crippen molar-refractivity contribution in [1.82, 2.24) is 9.80 Å². The quantitative estimate of drug-likeness (QED) is 0.894. The highest BCUT2D eigenvalue weighted by molar-refractivity contribution is 6.34. The molecule has 1 saturated heterocycles. The summed E-state index contributed by atoms with van der Waals surface area (Å²) in [6.45, 7) is 10.4. The smallest absolute Gasteiger partial charge is 0.228 e. The van der Waals surface area contributed by atoms with Crippen LogP contribution in [-0.4, -0.2) is 54.3 Å². The molecule has 136 valence electrons. The topological polar surface area (TPSA) is 52.7 Å². The number of anilines is 1. The largest absolute Gasteiger partial charge is 0.340 e. The first-order valence-electron chi connectivity index (χ1n) is 8.99. The number of rotatable bonds is 4. The van der Waals surface area contributed by atoms with Gasteiger partial charge in [-0.05, 0) is 44.0 Å². The van der Waals surface area contributed by atoms with E-state index in [4.69, 9.17) is 11.6 Å². The van der Waals surface area contributed by atoms with Crippen LogP contribution in [0.3, 0.4) is 0 Å². The monoisotopic (exact) mass is 363 g/mol. The zero-order chi connectivity index (χ0) is 18.1. The summed E-state index contributed by atoms with van der Waals surface area (Å²) >= 11 is 6.26. The molecule has 2 atom stereocenters. The van der Waals surface area contributed by atoms with E-state index in [1.54, 1.807) is 0 Å². The van der Waals surface area contributed by atoms with Crippen LogP contribution in [0.4, 0.5) is 5.69 Å². The van der Waals surface area contributed by atoms with Gasteiger partial charge in [0.05, 0.1) is 22.5 Å². The van der Waals surface area contributed by atoms with Crippen LogP contribution in [0.5, 0.6) is 0 Å². The molecule has 2 unspecified atom stereocenters. The Bertz CT molecular complexity index is 660. The Hall–Kier alpha value is -1.59. The van der Waals surface area contributed by atoms with E-state index >= 15 is 0 Å². The van der Waals surface area contributed by atoms with Gasteiger partial charge >= 0.3 is 0 Å². The van der Waals surface area contributed by atoms with Gasteiger partial charge in [0.15, 0.2) is 0 Å². The van der Waals surface area contributed by atoms with E-state index in [0.717, 1.165) is 43.9 Å². The maximum Gasteiger partial charge on any atom is 0.228 e. The summed E-state index contributed by atoms with van der Waals surface area (Å²) in [6.07, 6.45) is 0.640. The molecule has 0 spiro atoms. The summed E-state index contributed by atoms with van der Waals surface area (Å²) in [4.78, 5) is 29.4. The first-order chi connectivity index (χ1) is 11.9. The van der Waals surface area contributed by atoms with Crippen LogP contribution in [0.2, 0.25) is 5.02 Å². The minimum Gasteiger partial charge on any atom is -0.340 e. The molecule has 0 bridgehead atoms. The van der Waals surface area contributed by atoms with E-state index in [-0.39, 0.29) is 23.7 Å². The zero-order valence-corrected chi connectivity index (χ0v) is 15.9. The molecule has 1 saturated carbocycles. The van der Waals surface area contributed by atoms with Crippen molar-refractivity contribution in [2.24, 2.45) is 11.8 Å². The van der Waals surface area contributed by atoms with E-state index in [9.17, 15) is 9.59 Å². The van der Waals surface area contributed by atoms with Crippen LogP contribution in [0.25, 0.3) is 0 Å². The van der Waals surface area contributed by atoms with Gasteiger partial charge in [-0.25, -0.2) is 0 Å². The molecule has 2 amide bonds. The van der Waals surface area contributed by atoms with Crippen LogP contribution in [0.1, 0.15) is 24.5 Å². The number of aryl methyl sites for hydroxylation is 2. The molecule has 3 rings (SSSR count). The molecule has 0 aromatic heterocycles. The lowest BCUT2D eigenvalue weighted by atomic mass is 10.1. The maximum absolute atomic E-state index is 12.6. The second kappa shape index (κ2) is 7.34. The maximum atomic E-state index is 12.6. The summed E-state index contributed by atoms with van der Waals surface area (Å²) < 4.78 is 0. The van der Waals surface area contributed by atoms with E-state index in [0.29, 0.717) is 17.1 Å². The van der Waals surface area contributed by atoms with E-state index < -0.39 is 0 Å². The van der Waals surface area contributed by atoms with Gasteiger partial charge in [0.25, 0.3) is 0 Å². The second-order valence-electron chi connectivity index (χ2n) is 7.14. The van der Waals surface area contributed by atoms with Crippen LogP contribution >= 0.6 is 11.6 Å². The van der Waals surface area contributed by atoms with Gasteiger partial charge in [-0.3, -0.25) is 9.59 Å². The minimum absolute atomic E-state index is 0.0978. The van der Waals surface area contributed by atoms with Crippen LogP contribution < -0.4 is 5.32 Å². The Labute approximate surface area is 154 Å². The van der Waals surface area contributed by atoms with Crippen LogP contribution in [0, 0.1) is 25.7 Å². The molecular formula is C19H26ClN3O2. The lowest BCUT2D eigenvalue weighted by Crippen LogP contribution is -2.49. The lowest BCUT2D eigenvalue weighted by Gasteiger charge is -2.34. The fourth-order valence-electron chi connectivity index (χ4n) is 3.57. The van der Waals surface area contributed by atoms with Gasteiger partial charge in [-0.2, -0.15) is 0 Å². The minimum atomic E-state index is -0.228. The van der Waals surface area contributed by atoms with Crippen molar-refractivity contribution >= 4 is 29.1 Å². The highest BCUT2D eigenvalue weighted by Gasteiger charge is 2.49. The molecule has 0 radical (unpaired) electrons. The van der Waals surface area contributed by atoms with E-state index in [2.05, 4.69) is 17.1 Å². The van der Waals surface area contributed by atoms with Crippen molar-refractivity contribution in [3.05, 3.63) is 28.3 Å². The molecule has 25 heavy (non-hydrogen) atoms. The molecule has 6 heteroatoms. The second-order valence-corrected chi connectivity index (χ2v) is 7.54. The van der Waals surface area contributed by atoms with Crippen molar-refractivity contribution in [3.63, 3.8) is 0 Å². The first kappa shape index (κ1) is 18.2. The van der Waals surface area contributed by atoms with Crippen molar-refractivity contribution < 1.29 is 9.59 Å². The van der Waals surface area contributed by atoms with Gasteiger partial charge in [-0.1, -0.05) is 24.6 Å². The van der Waals surface area contributed by atoms with Crippen molar-refractivity contribution in [2.75, 3.05) is 38.0 Å². The standard InChI is InChI=1S/C19H26ClN3O2/c1-4-22-5-7-23(8-6-22)19(25)15-11-14(15)18(24)21-17-13(3)9-12(2)10-16(17)20/h9-10,14-15H,4-8,11H2,1-3H3,(H,21,24). The normalized spacial score (nSPS) is 23.4. The van der Waals surface area contributed by atoms with Crippen LogP contribution in [-0.2, 0) is 9.59 Å².